The van der Waals surface area contributed by atoms with Crippen molar-refractivity contribution >= 4 is 11.8 Å². The van der Waals surface area contributed by atoms with Crippen LogP contribution in [0.2, 0.25) is 0 Å². The van der Waals surface area contributed by atoms with Crippen molar-refractivity contribution < 1.29 is 9.59 Å². The summed E-state index contributed by atoms with van der Waals surface area (Å²) in [6.07, 6.45) is 3.69. The minimum absolute atomic E-state index is 0.00762. The molecule has 2 heterocycles. The average Bonchev–Trinajstić information content (AvgIpc) is 2.52. The number of likely N-dealkylation sites (tertiary alicyclic amines) is 1. The summed E-state index contributed by atoms with van der Waals surface area (Å²) in [5, 5.41) is 2.75. The summed E-state index contributed by atoms with van der Waals surface area (Å²) in [6, 6.07) is -0.0561. The molecule has 0 aromatic carbocycles. The third-order valence-corrected chi connectivity index (χ3v) is 4.15. The molecule has 5 nitrogen and oxygen atoms in total. The van der Waals surface area contributed by atoms with Crippen molar-refractivity contribution in [3.63, 3.8) is 0 Å². The Kier molecular flexibility index (Phi) is 4.80. The van der Waals surface area contributed by atoms with Gasteiger partial charge in [0.25, 0.3) is 0 Å². The lowest BCUT2D eigenvalue weighted by Crippen LogP contribution is -2.51. The van der Waals surface area contributed by atoms with Crippen LogP contribution in [0.1, 0.15) is 39.5 Å². The highest BCUT2D eigenvalue weighted by Crippen LogP contribution is 2.19. The lowest BCUT2D eigenvalue weighted by Gasteiger charge is -2.38. The maximum Gasteiger partial charge on any atom is 0.245 e. The molecule has 2 aliphatic heterocycles. The van der Waals surface area contributed by atoms with Gasteiger partial charge in [0.1, 0.15) is 6.04 Å². The Labute approximate surface area is 115 Å². The molecule has 2 rings (SSSR count). The van der Waals surface area contributed by atoms with Gasteiger partial charge in [-0.05, 0) is 32.7 Å². The third-order valence-electron chi connectivity index (χ3n) is 4.15. The maximum absolute atomic E-state index is 12.3. The zero-order valence-corrected chi connectivity index (χ0v) is 12.0. The average molecular weight is 267 g/mol. The largest absolute Gasteiger partial charge is 0.345 e. The van der Waals surface area contributed by atoms with Gasteiger partial charge in [-0.15, -0.1) is 0 Å². The lowest BCUT2D eigenvalue weighted by molar-refractivity contribution is -0.136. The fourth-order valence-electron chi connectivity index (χ4n) is 3.09. The zero-order valence-electron chi connectivity index (χ0n) is 12.0. The molecule has 108 valence electrons. The first-order valence-electron chi connectivity index (χ1n) is 7.44. The minimum atomic E-state index is -0.372. The summed E-state index contributed by atoms with van der Waals surface area (Å²) in [7, 11) is 0. The van der Waals surface area contributed by atoms with Gasteiger partial charge in [0.15, 0.2) is 0 Å². The second-order valence-corrected chi connectivity index (χ2v) is 5.64. The van der Waals surface area contributed by atoms with E-state index in [1.54, 1.807) is 6.92 Å². The number of hydrogen-bond donors (Lipinski definition) is 1. The number of carbonyl (C=O) groups excluding carboxylic acids is 2. The van der Waals surface area contributed by atoms with Gasteiger partial charge in [-0.1, -0.05) is 6.92 Å². The van der Waals surface area contributed by atoms with E-state index in [4.69, 9.17) is 0 Å². The van der Waals surface area contributed by atoms with E-state index >= 15 is 0 Å². The number of piperidine rings is 1. The molecule has 0 aliphatic carbocycles. The Bertz CT molecular complexity index is 338. The second kappa shape index (κ2) is 6.37. The molecule has 5 heteroatoms. The zero-order chi connectivity index (χ0) is 13.8. The van der Waals surface area contributed by atoms with Crippen LogP contribution in [0.4, 0.5) is 0 Å². The molecule has 0 saturated carbocycles. The number of amides is 2. The van der Waals surface area contributed by atoms with E-state index in [1.807, 2.05) is 4.90 Å². The molecule has 0 aromatic heterocycles. The van der Waals surface area contributed by atoms with Crippen molar-refractivity contribution in [2.75, 3.05) is 26.2 Å². The normalized spacial score (nSPS) is 27.3. The SMILES string of the molecule is CCCN1CCC(N2CCC(=O)NC(C)C2=O)CC1. The van der Waals surface area contributed by atoms with Gasteiger partial charge in [-0.3, -0.25) is 9.59 Å². The Morgan fingerprint density at radius 2 is 1.89 bits per heavy atom. The van der Waals surface area contributed by atoms with Gasteiger partial charge >= 0.3 is 0 Å². The molecule has 1 unspecified atom stereocenters. The summed E-state index contributed by atoms with van der Waals surface area (Å²) >= 11 is 0. The van der Waals surface area contributed by atoms with Crippen molar-refractivity contribution in [1.82, 2.24) is 15.1 Å². The number of nitrogens with zero attached hydrogens (tertiary/aromatic N) is 2. The molecule has 2 amide bonds. The minimum Gasteiger partial charge on any atom is -0.345 e. The van der Waals surface area contributed by atoms with Crippen LogP contribution in [0.3, 0.4) is 0 Å². The molecule has 1 atom stereocenters. The summed E-state index contributed by atoms with van der Waals surface area (Å²) in [6.45, 7) is 7.84. The smallest absolute Gasteiger partial charge is 0.245 e. The van der Waals surface area contributed by atoms with E-state index in [0.717, 1.165) is 32.5 Å². The number of rotatable bonds is 3. The van der Waals surface area contributed by atoms with Crippen molar-refractivity contribution in [1.29, 1.82) is 0 Å². The highest BCUT2D eigenvalue weighted by Gasteiger charge is 2.33. The van der Waals surface area contributed by atoms with E-state index in [0.29, 0.717) is 19.0 Å². The summed E-state index contributed by atoms with van der Waals surface area (Å²) in [5.41, 5.74) is 0. The van der Waals surface area contributed by atoms with Crippen LogP contribution in [-0.4, -0.2) is 59.9 Å². The Morgan fingerprint density at radius 1 is 1.21 bits per heavy atom. The Balaban J connectivity index is 1.94. The molecule has 2 fully saturated rings. The molecular formula is C14H25N3O2. The molecular weight excluding hydrogens is 242 g/mol. The molecule has 19 heavy (non-hydrogen) atoms. The Hall–Kier alpha value is -1.10. The molecule has 0 spiro atoms. The van der Waals surface area contributed by atoms with Crippen LogP contribution in [0, 0.1) is 0 Å². The molecule has 0 radical (unpaired) electrons. The fourth-order valence-corrected chi connectivity index (χ4v) is 3.09. The van der Waals surface area contributed by atoms with Crippen molar-refractivity contribution in [2.24, 2.45) is 0 Å². The van der Waals surface area contributed by atoms with E-state index in [9.17, 15) is 9.59 Å². The molecule has 0 bridgehead atoms. The first kappa shape index (κ1) is 14.3. The van der Waals surface area contributed by atoms with Crippen molar-refractivity contribution in [3.8, 4) is 0 Å². The first-order chi connectivity index (χ1) is 9.11. The van der Waals surface area contributed by atoms with E-state index in [2.05, 4.69) is 17.1 Å². The standard InChI is InChI=1S/C14H25N3O2/c1-3-7-16-8-4-12(5-9-16)17-10-6-13(18)15-11(2)14(17)19/h11-12H,3-10H2,1-2H3,(H,15,18). The highest BCUT2D eigenvalue weighted by molar-refractivity contribution is 5.89. The van der Waals surface area contributed by atoms with Gasteiger partial charge in [0.05, 0.1) is 0 Å². The van der Waals surface area contributed by atoms with Crippen LogP contribution >= 0.6 is 0 Å². The van der Waals surface area contributed by atoms with Crippen LogP contribution in [0.25, 0.3) is 0 Å². The summed E-state index contributed by atoms with van der Waals surface area (Å²) in [5.74, 6) is 0.0755. The molecule has 2 saturated heterocycles. The van der Waals surface area contributed by atoms with Crippen LogP contribution in [0.15, 0.2) is 0 Å². The van der Waals surface area contributed by atoms with Crippen molar-refractivity contribution in [3.05, 3.63) is 0 Å². The van der Waals surface area contributed by atoms with Crippen LogP contribution in [-0.2, 0) is 9.59 Å². The van der Waals surface area contributed by atoms with Crippen LogP contribution in [0.5, 0.6) is 0 Å². The monoisotopic (exact) mass is 267 g/mol. The quantitative estimate of drug-likeness (QED) is 0.814. The van der Waals surface area contributed by atoms with Crippen molar-refractivity contribution in [2.45, 2.75) is 51.6 Å². The predicted molar refractivity (Wildman–Crippen MR) is 73.7 cm³/mol. The van der Waals surface area contributed by atoms with Gasteiger partial charge in [-0.2, -0.15) is 0 Å². The summed E-state index contributed by atoms with van der Waals surface area (Å²) in [4.78, 5) is 28.2. The van der Waals surface area contributed by atoms with Gasteiger partial charge < -0.3 is 15.1 Å². The lowest BCUT2D eigenvalue weighted by atomic mass is 10.0. The number of nitrogens with one attached hydrogen (secondary N) is 1. The molecule has 0 aromatic rings. The van der Waals surface area contributed by atoms with Gasteiger partial charge in [0, 0.05) is 32.1 Å². The summed E-state index contributed by atoms with van der Waals surface area (Å²) < 4.78 is 0. The Morgan fingerprint density at radius 3 is 2.53 bits per heavy atom. The second-order valence-electron chi connectivity index (χ2n) is 5.64. The van der Waals surface area contributed by atoms with E-state index < -0.39 is 0 Å². The molecule has 2 aliphatic rings. The molecule has 1 N–H and O–H groups in total. The topological polar surface area (TPSA) is 52.6 Å². The maximum atomic E-state index is 12.3. The van der Waals surface area contributed by atoms with E-state index in [1.165, 1.54) is 6.42 Å². The number of hydrogen-bond acceptors (Lipinski definition) is 3. The highest BCUT2D eigenvalue weighted by atomic mass is 16.2. The number of carbonyl (C=O) groups is 2. The van der Waals surface area contributed by atoms with Gasteiger partial charge in [0.2, 0.25) is 11.8 Å². The van der Waals surface area contributed by atoms with Gasteiger partial charge in [-0.25, -0.2) is 0 Å². The predicted octanol–water partition coefficient (Wildman–Crippen LogP) is 0.598. The van der Waals surface area contributed by atoms with Crippen LogP contribution < -0.4 is 5.32 Å². The third kappa shape index (κ3) is 3.47. The first-order valence-corrected chi connectivity index (χ1v) is 7.44. The fraction of sp³-hybridized carbons (Fsp3) is 0.857. The van der Waals surface area contributed by atoms with E-state index in [-0.39, 0.29) is 17.9 Å².